The number of imidazole rings is 1. The van der Waals surface area contributed by atoms with E-state index in [0.29, 0.717) is 23.5 Å². The van der Waals surface area contributed by atoms with E-state index >= 15 is 0 Å². The van der Waals surface area contributed by atoms with Gasteiger partial charge in [0.15, 0.2) is 0 Å². The molecular weight excluding hydrogens is 246 g/mol. The standard InChI is InChI=1S/C13H15N3O3/c1-2-5-9-12(13(19)14-8-11(17)18)16-7-4-3-6-10(16)15-9/h3-4,6-7H,2,5,8H2,1H3,(H,14,19)(H,17,18). The molecule has 2 heterocycles. The van der Waals surface area contributed by atoms with Crippen LogP contribution >= 0.6 is 0 Å². The van der Waals surface area contributed by atoms with Crippen molar-refractivity contribution in [3.63, 3.8) is 0 Å². The molecule has 0 aromatic carbocycles. The molecule has 19 heavy (non-hydrogen) atoms. The molecule has 0 aliphatic heterocycles. The minimum Gasteiger partial charge on any atom is -0.480 e. The molecule has 0 saturated heterocycles. The summed E-state index contributed by atoms with van der Waals surface area (Å²) in [5.41, 5.74) is 1.79. The molecule has 100 valence electrons. The van der Waals surface area contributed by atoms with Gasteiger partial charge in [-0.05, 0) is 18.6 Å². The smallest absolute Gasteiger partial charge is 0.322 e. The summed E-state index contributed by atoms with van der Waals surface area (Å²) in [5, 5.41) is 11.0. The number of amides is 1. The second kappa shape index (κ2) is 5.51. The maximum Gasteiger partial charge on any atom is 0.322 e. The molecule has 2 N–H and O–H groups in total. The van der Waals surface area contributed by atoms with E-state index in [2.05, 4.69) is 10.3 Å². The number of pyridine rings is 1. The van der Waals surface area contributed by atoms with Crippen LogP contribution in [0.3, 0.4) is 0 Å². The molecular formula is C13H15N3O3. The number of aliphatic carboxylic acids is 1. The van der Waals surface area contributed by atoms with Crippen LogP contribution in [-0.4, -0.2) is 32.9 Å². The van der Waals surface area contributed by atoms with Crippen molar-refractivity contribution in [1.82, 2.24) is 14.7 Å². The van der Waals surface area contributed by atoms with Gasteiger partial charge in [0, 0.05) is 6.20 Å². The number of fused-ring (bicyclic) bond motifs is 1. The molecule has 2 aromatic heterocycles. The van der Waals surface area contributed by atoms with Crippen LogP contribution in [0.5, 0.6) is 0 Å². The third-order valence-corrected chi connectivity index (χ3v) is 2.70. The molecule has 2 rings (SSSR count). The Balaban J connectivity index is 2.40. The highest BCUT2D eigenvalue weighted by molar-refractivity contribution is 5.96. The number of hydrogen-bond donors (Lipinski definition) is 2. The predicted molar refractivity (Wildman–Crippen MR) is 69.2 cm³/mol. The highest BCUT2D eigenvalue weighted by atomic mass is 16.4. The molecule has 0 bridgehead atoms. The number of carbonyl (C=O) groups is 2. The lowest BCUT2D eigenvalue weighted by atomic mass is 10.2. The Morgan fingerprint density at radius 1 is 1.42 bits per heavy atom. The number of nitrogens with zero attached hydrogens (tertiary/aromatic N) is 2. The van der Waals surface area contributed by atoms with E-state index in [0.717, 1.165) is 6.42 Å². The highest BCUT2D eigenvalue weighted by Gasteiger charge is 2.18. The topological polar surface area (TPSA) is 83.7 Å². The van der Waals surface area contributed by atoms with Gasteiger partial charge in [0.25, 0.3) is 5.91 Å². The Labute approximate surface area is 110 Å². The van der Waals surface area contributed by atoms with E-state index in [1.165, 1.54) is 0 Å². The Morgan fingerprint density at radius 3 is 2.89 bits per heavy atom. The summed E-state index contributed by atoms with van der Waals surface area (Å²) in [7, 11) is 0. The van der Waals surface area contributed by atoms with Crippen LogP contribution in [-0.2, 0) is 11.2 Å². The van der Waals surface area contributed by atoms with Gasteiger partial charge >= 0.3 is 5.97 Å². The quantitative estimate of drug-likeness (QED) is 0.844. The van der Waals surface area contributed by atoms with Crippen LogP contribution in [0.15, 0.2) is 24.4 Å². The van der Waals surface area contributed by atoms with Crippen LogP contribution in [0.1, 0.15) is 29.5 Å². The minimum absolute atomic E-state index is 0.398. The monoisotopic (exact) mass is 261 g/mol. The number of carboxylic acids is 1. The number of nitrogens with one attached hydrogen (secondary N) is 1. The lowest BCUT2D eigenvalue weighted by Crippen LogP contribution is -2.30. The van der Waals surface area contributed by atoms with Gasteiger partial charge in [-0.2, -0.15) is 0 Å². The lowest BCUT2D eigenvalue weighted by Gasteiger charge is -2.04. The van der Waals surface area contributed by atoms with Crippen LogP contribution in [0.4, 0.5) is 0 Å². The van der Waals surface area contributed by atoms with E-state index in [9.17, 15) is 9.59 Å². The molecule has 0 aliphatic carbocycles. The zero-order valence-electron chi connectivity index (χ0n) is 10.6. The predicted octanol–water partition coefficient (Wildman–Crippen LogP) is 1.10. The van der Waals surface area contributed by atoms with Gasteiger partial charge in [-0.15, -0.1) is 0 Å². The fourth-order valence-corrected chi connectivity index (χ4v) is 1.94. The average molecular weight is 261 g/mol. The Bertz CT molecular complexity index is 619. The number of carboxylic acid groups (broad SMARTS) is 1. The molecule has 0 aliphatic rings. The van der Waals surface area contributed by atoms with Crippen molar-refractivity contribution in [2.75, 3.05) is 6.54 Å². The molecule has 1 amide bonds. The zero-order valence-corrected chi connectivity index (χ0v) is 10.6. The third kappa shape index (κ3) is 2.73. The van der Waals surface area contributed by atoms with Crippen molar-refractivity contribution in [1.29, 1.82) is 0 Å². The van der Waals surface area contributed by atoms with Crippen LogP contribution < -0.4 is 5.32 Å². The molecule has 0 saturated carbocycles. The van der Waals surface area contributed by atoms with Gasteiger partial charge in [-0.25, -0.2) is 4.98 Å². The van der Waals surface area contributed by atoms with Gasteiger partial charge in [0.05, 0.1) is 5.69 Å². The largest absolute Gasteiger partial charge is 0.480 e. The summed E-state index contributed by atoms with van der Waals surface area (Å²) in [4.78, 5) is 27.0. The number of aromatic nitrogens is 2. The van der Waals surface area contributed by atoms with Crippen LogP contribution in [0.2, 0.25) is 0 Å². The molecule has 2 aromatic rings. The van der Waals surface area contributed by atoms with Crippen LogP contribution in [0, 0.1) is 0 Å². The zero-order chi connectivity index (χ0) is 13.8. The minimum atomic E-state index is -1.07. The molecule has 0 atom stereocenters. The molecule has 6 nitrogen and oxygen atoms in total. The molecule has 0 unspecified atom stereocenters. The number of hydrogen-bond acceptors (Lipinski definition) is 3. The second-order valence-electron chi connectivity index (χ2n) is 4.16. The summed E-state index contributed by atoms with van der Waals surface area (Å²) in [6.07, 6.45) is 3.29. The Kier molecular flexibility index (Phi) is 3.79. The lowest BCUT2D eigenvalue weighted by molar-refractivity contribution is -0.135. The first kappa shape index (κ1) is 13.1. The first-order valence-corrected chi connectivity index (χ1v) is 6.09. The Hall–Kier alpha value is -2.37. The van der Waals surface area contributed by atoms with Crippen LogP contribution in [0.25, 0.3) is 5.65 Å². The molecule has 0 fully saturated rings. The van der Waals surface area contributed by atoms with Crippen molar-refractivity contribution in [3.8, 4) is 0 Å². The summed E-state index contributed by atoms with van der Waals surface area (Å²) in [6, 6.07) is 5.46. The van der Waals surface area contributed by atoms with E-state index in [1.54, 1.807) is 16.7 Å². The van der Waals surface area contributed by atoms with Crippen molar-refractivity contribution < 1.29 is 14.7 Å². The fraction of sp³-hybridized carbons (Fsp3) is 0.308. The third-order valence-electron chi connectivity index (χ3n) is 2.70. The first-order valence-electron chi connectivity index (χ1n) is 6.09. The maximum absolute atomic E-state index is 12.1. The van der Waals surface area contributed by atoms with Crippen molar-refractivity contribution in [3.05, 3.63) is 35.8 Å². The van der Waals surface area contributed by atoms with Crippen molar-refractivity contribution in [2.45, 2.75) is 19.8 Å². The molecule has 0 spiro atoms. The van der Waals surface area contributed by atoms with Crippen molar-refractivity contribution >= 4 is 17.5 Å². The normalized spacial score (nSPS) is 10.6. The van der Waals surface area contributed by atoms with E-state index in [4.69, 9.17) is 5.11 Å². The van der Waals surface area contributed by atoms with Gasteiger partial charge < -0.3 is 10.4 Å². The maximum atomic E-state index is 12.1. The second-order valence-corrected chi connectivity index (χ2v) is 4.16. The summed E-state index contributed by atoms with van der Waals surface area (Å²) in [5.74, 6) is -1.48. The number of aryl methyl sites for hydroxylation is 1. The van der Waals surface area contributed by atoms with E-state index in [1.807, 2.05) is 19.1 Å². The summed E-state index contributed by atoms with van der Waals surface area (Å²) >= 11 is 0. The van der Waals surface area contributed by atoms with Gasteiger partial charge in [-0.1, -0.05) is 19.4 Å². The van der Waals surface area contributed by atoms with Crippen molar-refractivity contribution in [2.24, 2.45) is 0 Å². The fourth-order valence-electron chi connectivity index (χ4n) is 1.94. The Morgan fingerprint density at radius 2 is 2.21 bits per heavy atom. The number of carbonyl (C=O) groups excluding carboxylic acids is 1. The number of rotatable bonds is 5. The highest BCUT2D eigenvalue weighted by Crippen LogP contribution is 2.14. The van der Waals surface area contributed by atoms with Gasteiger partial charge in [0.1, 0.15) is 17.9 Å². The summed E-state index contributed by atoms with van der Waals surface area (Å²) in [6.45, 7) is 1.60. The SMILES string of the molecule is CCCc1nc2ccccn2c1C(=O)NCC(=O)O. The van der Waals surface area contributed by atoms with Gasteiger partial charge in [-0.3, -0.25) is 14.0 Å². The summed E-state index contributed by atoms with van der Waals surface area (Å²) < 4.78 is 1.68. The first-order chi connectivity index (χ1) is 9.13. The molecule has 6 heteroatoms. The van der Waals surface area contributed by atoms with Gasteiger partial charge in [0.2, 0.25) is 0 Å². The average Bonchev–Trinajstić information content (AvgIpc) is 2.74. The van der Waals surface area contributed by atoms with E-state index in [-0.39, 0.29) is 0 Å². The van der Waals surface area contributed by atoms with E-state index < -0.39 is 18.4 Å². The molecule has 0 radical (unpaired) electrons.